The third kappa shape index (κ3) is 7.77. The van der Waals surface area contributed by atoms with E-state index in [2.05, 4.69) is 4.74 Å². The van der Waals surface area contributed by atoms with Crippen molar-refractivity contribution in [1.82, 2.24) is 0 Å². The summed E-state index contributed by atoms with van der Waals surface area (Å²) in [5.74, 6) is -0.349. The van der Waals surface area contributed by atoms with Gasteiger partial charge in [0, 0.05) is 0 Å². The van der Waals surface area contributed by atoms with Crippen LogP contribution in [0.15, 0.2) is 24.3 Å². The molecule has 0 saturated carbocycles. The molecule has 0 aliphatic carbocycles. The minimum Gasteiger partial charge on any atom is -0.497 e. The van der Waals surface area contributed by atoms with Crippen molar-refractivity contribution < 1.29 is 27.4 Å². The molecule has 0 fully saturated rings. The van der Waals surface area contributed by atoms with Crippen molar-refractivity contribution in [2.75, 3.05) is 13.7 Å². The van der Waals surface area contributed by atoms with Gasteiger partial charge in [-0.25, -0.2) is 0 Å². The van der Waals surface area contributed by atoms with Gasteiger partial charge in [-0.1, -0.05) is 12.1 Å². The highest BCUT2D eigenvalue weighted by Gasteiger charge is 2.30. The van der Waals surface area contributed by atoms with Crippen LogP contribution >= 0.6 is 12.4 Å². The van der Waals surface area contributed by atoms with Crippen LogP contribution in [0, 0.1) is 0 Å². The minimum absolute atomic E-state index is 0. The summed E-state index contributed by atoms with van der Waals surface area (Å²) in [6.45, 7) is -1.61. The van der Waals surface area contributed by atoms with Gasteiger partial charge in [-0.05, 0) is 30.5 Å². The Bertz CT molecular complexity index is 437. The second-order valence-corrected chi connectivity index (χ2v) is 4.22. The number of nitrogens with two attached hydrogens (primary N) is 1. The van der Waals surface area contributed by atoms with E-state index in [0.29, 0.717) is 12.2 Å². The number of methoxy groups -OCH3 is 1. The van der Waals surface area contributed by atoms with Gasteiger partial charge < -0.3 is 15.2 Å². The van der Waals surface area contributed by atoms with Gasteiger partial charge in [0.25, 0.3) is 0 Å². The lowest BCUT2D eigenvalue weighted by Gasteiger charge is -2.13. The molecule has 8 heteroatoms. The standard InChI is InChI=1S/C13H16F3NO3.ClH/c1-19-10-5-2-9(3-6-10)4-7-11(17)12(18)20-8-13(14,15)16;/h2-3,5-6,11H,4,7-8,17H2,1H3;1H/t11-;/m0./s1. The average Bonchev–Trinajstić information content (AvgIpc) is 2.41. The monoisotopic (exact) mass is 327 g/mol. The number of rotatable bonds is 6. The molecule has 0 aromatic heterocycles. The van der Waals surface area contributed by atoms with Crippen LogP contribution in [0.3, 0.4) is 0 Å². The lowest BCUT2D eigenvalue weighted by Crippen LogP contribution is -2.35. The quantitative estimate of drug-likeness (QED) is 0.815. The van der Waals surface area contributed by atoms with Crippen molar-refractivity contribution in [2.24, 2.45) is 5.73 Å². The van der Waals surface area contributed by atoms with Gasteiger partial charge in [0.2, 0.25) is 0 Å². The lowest BCUT2D eigenvalue weighted by atomic mass is 10.1. The molecule has 0 radical (unpaired) electrons. The lowest BCUT2D eigenvalue weighted by molar-refractivity contribution is -0.187. The highest BCUT2D eigenvalue weighted by molar-refractivity contribution is 5.85. The maximum atomic E-state index is 11.9. The number of ether oxygens (including phenoxy) is 2. The molecule has 2 N–H and O–H groups in total. The van der Waals surface area contributed by atoms with Crippen LogP contribution in [0.5, 0.6) is 5.75 Å². The van der Waals surface area contributed by atoms with E-state index in [1.807, 2.05) is 0 Å². The smallest absolute Gasteiger partial charge is 0.422 e. The molecule has 0 unspecified atom stereocenters. The molecule has 1 aromatic carbocycles. The first-order valence-electron chi connectivity index (χ1n) is 5.93. The summed E-state index contributed by atoms with van der Waals surface area (Å²) in [6, 6.07) is 6.03. The maximum absolute atomic E-state index is 11.9. The van der Waals surface area contributed by atoms with E-state index in [1.54, 1.807) is 31.4 Å². The molecule has 1 rings (SSSR count). The molecule has 0 saturated heterocycles. The van der Waals surface area contributed by atoms with E-state index in [0.717, 1.165) is 5.56 Å². The Kier molecular flexibility index (Phi) is 8.12. The Labute approximate surface area is 126 Å². The largest absolute Gasteiger partial charge is 0.497 e. The van der Waals surface area contributed by atoms with Crippen molar-refractivity contribution in [1.29, 1.82) is 0 Å². The minimum atomic E-state index is -4.54. The normalized spacial score (nSPS) is 12.2. The van der Waals surface area contributed by atoms with Crippen LogP contribution in [0.25, 0.3) is 0 Å². The van der Waals surface area contributed by atoms with Gasteiger partial charge in [0.15, 0.2) is 6.61 Å². The molecule has 120 valence electrons. The molecule has 0 spiro atoms. The SMILES string of the molecule is COc1ccc(CC[C@H](N)C(=O)OCC(F)(F)F)cc1.Cl. The Balaban J connectivity index is 0.00000400. The summed E-state index contributed by atoms with van der Waals surface area (Å²) in [5, 5.41) is 0. The Morgan fingerprint density at radius 2 is 1.86 bits per heavy atom. The molecule has 0 aliphatic rings. The zero-order valence-electron chi connectivity index (χ0n) is 11.4. The van der Waals surface area contributed by atoms with Gasteiger partial charge in [-0.2, -0.15) is 13.2 Å². The van der Waals surface area contributed by atoms with E-state index in [9.17, 15) is 18.0 Å². The van der Waals surface area contributed by atoms with E-state index < -0.39 is 24.8 Å². The number of hydrogen-bond acceptors (Lipinski definition) is 4. The zero-order valence-corrected chi connectivity index (χ0v) is 12.2. The van der Waals surface area contributed by atoms with Gasteiger partial charge in [-0.3, -0.25) is 4.79 Å². The summed E-state index contributed by atoms with van der Waals surface area (Å²) >= 11 is 0. The van der Waals surface area contributed by atoms with Gasteiger partial charge in [0.1, 0.15) is 11.8 Å². The van der Waals surface area contributed by atoms with Crippen LogP contribution in [0.4, 0.5) is 13.2 Å². The molecule has 1 atom stereocenters. The fourth-order valence-electron chi connectivity index (χ4n) is 1.49. The van der Waals surface area contributed by atoms with Gasteiger partial charge in [-0.15, -0.1) is 12.4 Å². The number of benzene rings is 1. The molecule has 0 amide bonds. The van der Waals surface area contributed by atoms with Crippen LogP contribution < -0.4 is 10.5 Å². The number of aryl methyl sites for hydroxylation is 1. The van der Waals surface area contributed by atoms with E-state index in [1.165, 1.54) is 0 Å². The number of esters is 1. The third-order valence-electron chi connectivity index (χ3n) is 2.58. The van der Waals surface area contributed by atoms with Crippen LogP contribution in [-0.4, -0.2) is 31.9 Å². The summed E-state index contributed by atoms with van der Waals surface area (Å²) in [7, 11) is 1.54. The maximum Gasteiger partial charge on any atom is 0.422 e. The summed E-state index contributed by atoms with van der Waals surface area (Å²) in [6.07, 6.45) is -3.86. The summed E-state index contributed by atoms with van der Waals surface area (Å²) in [5.41, 5.74) is 6.39. The Morgan fingerprint density at radius 3 is 2.33 bits per heavy atom. The number of carbonyl (C=O) groups is 1. The number of halogens is 4. The van der Waals surface area contributed by atoms with Crippen molar-refractivity contribution in [3.63, 3.8) is 0 Å². The first-order valence-corrected chi connectivity index (χ1v) is 5.93. The Morgan fingerprint density at radius 1 is 1.29 bits per heavy atom. The van der Waals surface area contributed by atoms with E-state index >= 15 is 0 Å². The highest BCUT2D eigenvalue weighted by Crippen LogP contribution is 2.16. The Hall–Kier alpha value is -1.47. The number of alkyl halides is 3. The van der Waals surface area contributed by atoms with E-state index in [-0.39, 0.29) is 18.8 Å². The molecule has 0 aliphatic heterocycles. The molecule has 0 bridgehead atoms. The average molecular weight is 328 g/mol. The van der Waals surface area contributed by atoms with Gasteiger partial charge >= 0.3 is 12.1 Å². The molecular weight excluding hydrogens is 311 g/mol. The van der Waals surface area contributed by atoms with Crippen molar-refractivity contribution in [3.05, 3.63) is 29.8 Å². The zero-order chi connectivity index (χ0) is 15.2. The van der Waals surface area contributed by atoms with E-state index in [4.69, 9.17) is 10.5 Å². The summed E-state index contributed by atoms with van der Waals surface area (Å²) < 4.78 is 44.7. The third-order valence-corrected chi connectivity index (χ3v) is 2.58. The van der Waals surface area contributed by atoms with Crippen LogP contribution in [-0.2, 0) is 16.0 Å². The van der Waals surface area contributed by atoms with Gasteiger partial charge in [0.05, 0.1) is 7.11 Å². The molecule has 0 heterocycles. The highest BCUT2D eigenvalue weighted by atomic mass is 35.5. The molecule has 4 nitrogen and oxygen atoms in total. The molecule has 1 aromatic rings. The predicted molar refractivity (Wildman–Crippen MR) is 73.6 cm³/mol. The summed E-state index contributed by atoms with van der Waals surface area (Å²) in [4.78, 5) is 11.2. The molecular formula is C13H17ClF3NO3. The van der Waals surface area contributed by atoms with Crippen molar-refractivity contribution in [3.8, 4) is 5.75 Å². The number of carbonyl (C=O) groups excluding carboxylic acids is 1. The first-order chi connectivity index (χ1) is 9.31. The number of hydrogen-bond donors (Lipinski definition) is 1. The van der Waals surface area contributed by atoms with Crippen molar-refractivity contribution >= 4 is 18.4 Å². The molecule has 21 heavy (non-hydrogen) atoms. The van der Waals surface area contributed by atoms with Crippen LogP contribution in [0.1, 0.15) is 12.0 Å². The second-order valence-electron chi connectivity index (χ2n) is 4.22. The fraction of sp³-hybridized carbons (Fsp3) is 0.462. The topological polar surface area (TPSA) is 61.5 Å². The van der Waals surface area contributed by atoms with Crippen molar-refractivity contribution in [2.45, 2.75) is 25.1 Å². The van der Waals surface area contributed by atoms with Crippen LogP contribution in [0.2, 0.25) is 0 Å². The fourth-order valence-corrected chi connectivity index (χ4v) is 1.49. The first kappa shape index (κ1) is 19.5. The second kappa shape index (κ2) is 8.74. The predicted octanol–water partition coefficient (Wildman–Crippen LogP) is 2.48.